The van der Waals surface area contributed by atoms with Gasteiger partial charge in [-0.2, -0.15) is 0 Å². The summed E-state index contributed by atoms with van der Waals surface area (Å²) in [6.45, 7) is 5.77. The van der Waals surface area contributed by atoms with Crippen molar-refractivity contribution in [1.82, 2.24) is 10.6 Å². The number of rotatable bonds is 6. The van der Waals surface area contributed by atoms with Crippen LogP contribution in [0, 0.1) is 5.41 Å². The molecule has 1 amide bonds. The summed E-state index contributed by atoms with van der Waals surface area (Å²) in [4.78, 5) is 11.9. The van der Waals surface area contributed by atoms with Gasteiger partial charge < -0.3 is 15.7 Å². The maximum Gasteiger partial charge on any atom is 0.237 e. The van der Waals surface area contributed by atoms with Gasteiger partial charge in [0.15, 0.2) is 0 Å². The van der Waals surface area contributed by atoms with Gasteiger partial charge in [0, 0.05) is 12.0 Å². The van der Waals surface area contributed by atoms with E-state index in [9.17, 15) is 9.90 Å². The molecule has 0 saturated carbocycles. The van der Waals surface area contributed by atoms with Crippen LogP contribution in [-0.4, -0.2) is 36.8 Å². The third kappa shape index (κ3) is 3.96. The van der Waals surface area contributed by atoms with Crippen molar-refractivity contribution in [2.45, 2.75) is 52.0 Å². The molecule has 1 fully saturated rings. The molecule has 0 aromatic carbocycles. The van der Waals surface area contributed by atoms with Crippen LogP contribution >= 0.6 is 0 Å². The number of aliphatic hydroxyl groups excluding tert-OH is 1. The highest BCUT2D eigenvalue weighted by molar-refractivity contribution is 5.81. The van der Waals surface area contributed by atoms with E-state index in [4.69, 9.17) is 0 Å². The second-order valence-corrected chi connectivity index (χ2v) is 5.09. The first-order valence-corrected chi connectivity index (χ1v) is 6.79. The Morgan fingerprint density at radius 3 is 2.59 bits per heavy atom. The molecule has 1 heterocycles. The molecule has 1 aliphatic rings. The first kappa shape index (κ1) is 14.5. The van der Waals surface area contributed by atoms with Crippen LogP contribution in [0.4, 0.5) is 0 Å². The second kappa shape index (κ2) is 6.97. The van der Waals surface area contributed by atoms with E-state index < -0.39 is 0 Å². The first-order valence-electron chi connectivity index (χ1n) is 6.79. The van der Waals surface area contributed by atoms with Crippen LogP contribution in [-0.2, 0) is 4.79 Å². The summed E-state index contributed by atoms with van der Waals surface area (Å²) in [7, 11) is 0. The van der Waals surface area contributed by atoms with Crippen LogP contribution in [0.15, 0.2) is 0 Å². The maximum atomic E-state index is 11.9. The van der Waals surface area contributed by atoms with E-state index in [0.717, 1.165) is 38.6 Å². The number of carbonyl (C=O) groups is 1. The minimum Gasteiger partial charge on any atom is -0.396 e. The summed E-state index contributed by atoms with van der Waals surface area (Å²) in [5, 5.41) is 15.7. The maximum absolute atomic E-state index is 11.9. The van der Waals surface area contributed by atoms with E-state index in [0.29, 0.717) is 6.54 Å². The number of amides is 1. The molecular formula is C13H26N2O2. The summed E-state index contributed by atoms with van der Waals surface area (Å²) in [6.07, 6.45) is 4.99. The zero-order valence-electron chi connectivity index (χ0n) is 11.1. The van der Waals surface area contributed by atoms with Gasteiger partial charge in [-0.3, -0.25) is 4.79 Å². The minimum atomic E-state index is -0.148. The van der Waals surface area contributed by atoms with Crippen molar-refractivity contribution in [3.8, 4) is 0 Å². The molecule has 3 N–H and O–H groups in total. The van der Waals surface area contributed by atoms with E-state index in [2.05, 4.69) is 24.5 Å². The fourth-order valence-electron chi connectivity index (χ4n) is 2.25. The Bertz CT molecular complexity index is 225. The highest BCUT2D eigenvalue weighted by Gasteiger charge is 2.27. The predicted molar refractivity (Wildman–Crippen MR) is 68.8 cm³/mol. The molecule has 1 aliphatic heterocycles. The number of hydrogen-bond acceptors (Lipinski definition) is 3. The van der Waals surface area contributed by atoms with E-state index >= 15 is 0 Å². The molecular weight excluding hydrogens is 216 g/mol. The summed E-state index contributed by atoms with van der Waals surface area (Å²) in [6, 6.07) is -0.0335. The van der Waals surface area contributed by atoms with Crippen molar-refractivity contribution >= 4 is 5.91 Å². The van der Waals surface area contributed by atoms with Crippen LogP contribution in [0.1, 0.15) is 46.0 Å². The lowest BCUT2D eigenvalue weighted by Gasteiger charge is -2.31. The van der Waals surface area contributed by atoms with Crippen LogP contribution in [0.25, 0.3) is 0 Å². The van der Waals surface area contributed by atoms with E-state index in [1.165, 1.54) is 0 Å². The third-order valence-corrected chi connectivity index (χ3v) is 4.10. The normalized spacial score (nSPS) is 21.2. The van der Waals surface area contributed by atoms with Gasteiger partial charge in [0.25, 0.3) is 0 Å². The molecule has 100 valence electrons. The minimum absolute atomic E-state index is 0.0335. The molecule has 17 heavy (non-hydrogen) atoms. The average Bonchev–Trinajstić information content (AvgIpc) is 2.41. The first-order chi connectivity index (χ1) is 8.17. The van der Waals surface area contributed by atoms with Gasteiger partial charge in [0.1, 0.15) is 0 Å². The molecule has 0 aromatic heterocycles. The zero-order valence-corrected chi connectivity index (χ0v) is 11.1. The largest absolute Gasteiger partial charge is 0.396 e. The quantitative estimate of drug-likeness (QED) is 0.652. The SMILES string of the molecule is CCC(CC)(CO)CNC(=O)[C@@H]1CCCCN1. The van der Waals surface area contributed by atoms with Crippen LogP contribution < -0.4 is 10.6 Å². The van der Waals surface area contributed by atoms with Crippen molar-refractivity contribution in [3.63, 3.8) is 0 Å². The van der Waals surface area contributed by atoms with Crippen molar-refractivity contribution < 1.29 is 9.90 Å². The molecule has 0 spiro atoms. The highest BCUT2D eigenvalue weighted by Crippen LogP contribution is 2.24. The van der Waals surface area contributed by atoms with Gasteiger partial charge in [-0.1, -0.05) is 20.3 Å². The number of piperidine rings is 1. The molecule has 0 unspecified atom stereocenters. The molecule has 1 saturated heterocycles. The monoisotopic (exact) mass is 242 g/mol. The van der Waals surface area contributed by atoms with E-state index in [-0.39, 0.29) is 24.0 Å². The zero-order chi connectivity index (χ0) is 12.7. The number of aliphatic hydroxyl groups is 1. The van der Waals surface area contributed by atoms with Gasteiger partial charge in [-0.15, -0.1) is 0 Å². The van der Waals surface area contributed by atoms with Gasteiger partial charge in [-0.25, -0.2) is 0 Å². The summed E-state index contributed by atoms with van der Waals surface area (Å²) in [5.41, 5.74) is -0.148. The average molecular weight is 242 g/mol. The van der Waals surface area contributed by atoms with Gasteiger partial charge >= 0.3 is 0 Å². The Hall–Kier alpha value is -0.610. The fourth-order valence-corrected chi connectivity index (χ4v) is 2.25. The molecule has 0 aromatic rings. The smallest absolute Gasteiger partial charge is 0.237 e. The van der Waals surface area contributed by atoms with Gasteiger partial charge in [-0.05, 0) is 32.2 Å². The summed E-state index contributed by atoms with van der Waals surface area (Å²) in [5.74, 6) is 0.0874. The number of nitrogens with one attached hydrogen (secondary N) is 2. The van der Waals surface area contributed by atoms with Gasteiger partial charge in [0.2, 0.25) is 5.91 Å². The van der Waals surface area contributed by atoms with Crippen molar-refractivity contribution in [3.05, 3.63) is 0 Å². The molecule has 4 nitrogen and oxygen atoms in total. The fraction of sp³-hybridized carbons (Fsp3) is 0.923. The van der Waals surface area contributed by atoms with Crippen molar-refractivity contribution in [2.75, 3.05) is 19.7 Å². The number of hydrogen-bond donors (Lipinski definition) is 3. The number of carbonyl (C=O) groups excluding carboxylic acids is 1. The Labute approximate surface area is 104 Å². The predicted octanol–water partition coefficient (Wildman–Crippen LogP) is 1.04. The standard InChI is InChI=1S/C13H26N2O2/c1-3-13(4-2,10-16)9-15-12(17)11-7-5-6-8-14-11/h11,14,16H,3-10H2,1-2H3,(H,15,17)/t11-/m0/s1. The Morgan fingerprint density at radius 1 is 1.41 bits per heavy atom. The lowest BCUT2D eigenvalue weighted by molar-refractivity contribution is -0.124. The van der Waals surface area contributed by atoms with Crippen LogP contribution in [0.5, 0.6) is 0 Å². The van der Waals surface area contributed by atoms with Crippen LogP contribution in [0.2, 0.25) is 0 Å². The van der Waals surface area contributed by atoms with E-state index in [1.54, 1.807) is 0 Å². The van der Waals surface area contributed by atoms with Crippen molar-refractivity contribution in [2.24, 2.45) is 5.41 Å². The summed E-state index contributed by atoms with van der Waals surface area (Å²) >= 11 is 0. The van der Waals surface area contributed by atoms with Gasteiger partial charge in [0.05, 0.1) is 12.6 Å². The molecule has 0 bridgehead atoms. The Kier molecular flexibility index (Phi) is 5.92. The topological polar surface area (TPSA) is 61.4 Å². The van der Waals surface area contributed by atoms with E-state index in [1.807, 2.05) is 0 Å². The second-order valence-electron chi connectivity index (χ2n) is 5.09. The lowest BCUT2D eigenvalue weighted by Crippen LogP contribution is -2.49. The summed E-state index contributed by atoms with van der Waals surface area (Å²) < 4.78 is 0. The molecule has 1 atom stereocenters. The molecule has 0 aliphatic carbocycles. The Morgan fingerprint density at radius 2 is 2.12 bits per heavy atom. The third-order valence-electron chi connectivity index (χ3n) is 4.10. The molecule has 1 rings (SSSR count). The van der Waals surface area contributed by atoms with Crippen LogP contribution in [0.3, 0.4) is 0 Å². The van der Waals surface area contributed by atoms with Crippen molar-refractivity contribution in [1.29, 1.82) is 0 Å². The highest BCUT2D eigenvalue weighted by atomic mass is 16.3. The Balaban J connectivity index is 2.40. The lowest BCUT2D eigenvalue weighted by atomic mass is 9.83. The molecule has 0 radical (unpaired) electrons. The molecule has 4 heteroatoms.